The number of benzene rings is 9. The Morgan fingerprint density at radius 1 is 0.347 bits per heavy atom. The molecule has 0 atom stereocenters. The molecule has 228 valence electrons. The zero-order valence-electron chi connectivity index (χ0n) is 26.7. The van der Waals surface area contributed by atoms with Gasteiger partial charge in [0.05, 0.1) is 11.0 Å². The quantitative estimate of drug-likeness (QED) is 0.194. The Hall–Kier alpha value is -6.51. The SMILES string of the molecule is c1ccc2c(-c3c4ccccc4c(-c4cccc5ccccc45)c4cc(-c5ccc(-c6nc7ccccc7[nH]6)cc5)ccc34)cccc2c1. The second-order valence-corrected chi connectivity index (χ2v) is 12.8. The lowest BCUT2D eigenvalue weighted by molar-refractivity contribution is 1.34. The zero-order valence-corrected chi connectivity index (χ0v) is 26.7. The Bertz CT molecular complexity index is 2830. The zero-order chi connectivity index (χ0) is 32.3. The number of imidazole rings is 1. The molecule has 49 heavy (non-hydrogen) atoms. The molecule has 0 saturated carbocycles. The summed E-state index contributed by atoms with van der Waals surface area (Å²) in [5, 5.41) is 10.0. The Kier molecular flexibility index (Phi) is 6.22. The van der Waals surface area contributed by atoms with E-state index in [0.29, 0.717) is 0 Å². The predicted molar refractivity (Wildman–Crippen MR) is 208 cm³/mol. The number of aromatic nitrogens is 2. The van der Waals surface area contributed by atoms with Gasteiger partial charge in [-0.05, 0) is 94.7 Å². The summed E-state index contributed by atoms with van der Waals surface area (Å²) in [5.74, 6) is 0.885. The average molecular weight is 623 g/mol. The molecule has 2 nitrogen and oxygen atoms in total. The number of nitrogens with one attached hydrogen (secondary N) is 1. The van der Waals surface area contributed by atoms with E-state index in [2.05, 4.69) is 163 Å². The average Bonchev–Trinajstić information content (AvgIpc) is 3.61. The van der Waals surface area contributed by atoms with Gasteiger partial charge < -0.3 is 4.98 Å². The van der Waals surface area contributed by atoms with Gasteiger partial charge in [0.1, 0.15) is 5.82 Å². The molecule has 10 aromatic rings. The van der Waals surface area contributed by atoms with Gasteiger partial charge in [0.2, 0.25) is 0 Å². The van der Waals surface area contributed by atoms with Gasteiger partial charge in [-0.1, -0.05) is 158 Å². The lowest BCUT2D eigenvalue weighted by atomic mass is 9.83. The largest absolute Gasteiger partial charge is 0.338 e. The Balaban J connectivity index is 1.25. The summed E-state index contributed by atoms with van der Waals surface area (Å²) in [7, 11) is 0. The summed E-state index contributed by atoms with van der Waals surface area (Å²) in [6.07, 6.45) is 0. The summed E-state index contributed by atoms with van der Waals surface area (Å²) in [6.45, 7) is 0. The van der Waals surface area contributed by atoms with Crippen LogP contribution in [-0.4, -0.2) is 9.97 Å². The summed E-state index contributed by atoms with van der Waals surface area (Å²) < 4.78 is 0. The predicted octanol–water partition coefficient (Wildman–Crippen LogP) is 12.8. The van der Waals surface area contributed by atoms with Crippen LogP contribution in [-0.2, 0) is 0 Å². The molecule has 0 amide bonds. The van der Waals surface area contributed by atoms with Crippen LogP contribution < -0.4 is 0 Å². The minimum atomic E-state index is 0.885. The summed E-state index contributed by atoms with van der Waals surface area (Å²) in [4.78, 5) is 8.31. The fourth-order valence-corrected chi connectivity index (χ4v) is 7.74. The van der Waals surface area contributed by atoms with E-state index >= 15 is 0 Å². The lowest BCUT2D eigenvalue weighted by Gasteiger charge is -2.20. The molecule has 9 aromatic carbocycles. The number of rotatable bonds is 4. The summed E-state index contributed by atoms with van der Waals surface area (Å²) in [5.41, 5.74) is 10.5. The number of hydrogen-bond acceptors (Lipinski definition) is 1. The normalized spacial score (nSPS) is 11.7. The van der Waals surface area contributed by atoms with Crippen LogP contribution in [0.4, 0.5) is 0 Å². The highest BCUT2D eigenvalue weighted by Gasteiger charge is 2.20. The third kappa shape index (κ3) is 4.46. The van der Waals surface area contributed by atoms with E-state index in [1.165, 1.54) is 76.5 Å². The van der Waals surface area contributed by atoms with Crippen molar-refractivity contribution in [1.82, 2.24) is 9.97 Å². The maximum absolute atomic E-state index is 4.83. The standard InChI is InChI=1S/C47H30N2/c1-3-15-35-31(11-1)13-9-19-37(35)45-39-17-5-6-18-40(39)46(38-20-10-14-32-12-2-4-16-36(32)38)42-29-34(27-28-41(42)45)30-23-25-33(26-24-30)47-48-43-21-7-8-22-44(43)49-47/h1-29H,(H,48,49). The number of nitrogens with zero attached hydrogens (tertiary/aromatic N) is 1. The number of fused-ring (bicyclic) bond motifs is 5. The van der Waals surface area contributed by atoms with Crippen LogP contribution in [0.3, 0.4) is 0 Å². The molecule has 0 aliphatic carbocycles. The first-order valence-corrected chi connectivity index (χ1v) is 16.8. The molecule has 0 unspecified atom stereocenters. The summed E-state index contributed by atoms with van der Waals surface area (Å²) in [6, 6.07) is 63.8. The molecule has 1 heterocycles. The maximum Gasteiger partial charge on any atom is 0.138 e. The van der Waals surface area contributed by atoms with E-state index in [1.54, 1.807) is 0 Å². The van der Waals surface area contributed by atoms with Gasteiger partial charge in [-0.2, -0.15) is 0 Å². The molecule has 10 rings (SSSR count). The number of hydrogen-bond donors (Lipinski definition) is 1. The fourth-order valence-electron chi connectivity index (χ4n) is 7.74. The fraction of sp³-hybridized carbons (Fsp3) is 0. The van der Waals surface area contributed by atoms with Crippen LogP contribution in [0, 0.1) is 0 Å². The minimum Gasteiger partial charge on any atom is -0.338 e. The van der Waals surface area contributed by atoms with E-state index < -0.39 is 0 Å². The highest BCUT2D eigenvalue weighted by Crippen LogP contribution is 2.47. The topological polar surface area (TPSA) is 28.7 Å². The van der Waals surface area contributed by atoms with Gasteiger partial charge in [0, 0.05) is 5.56 Å². The van der Waals surface area contributed by atoms with Crippen molar-refractivity contribution in [1.29, 1.82) is 0 Å². The van der Waals surface area contributed by atoms with Crippen molar-refractivity contribution in [2.75, 3.05) is 0 Å². The first-order valence-electron chi connectivity index (χ1n) is 16.8. The number of aromatic amines is 1. The third-order valence-corrected chi connectivity index (χ3v) is 10.0. The first kappa shape index (κ1) is 27.6. The molecule has 0 spiro atoms. The Morgan fingerprint density at radius 3 is 1.49 bits per heavy atom. The van der Waals surface area contributed by atoms with Gasteiger partial charge in [0.15, 0.2) is 0 Å². The van der Waals surface area contributed by atoms with Gasteiger partial charge in [-0.25, -0.2) is 4.98 Å². The monoisotopic (exact) mass is 622 g/mol. The molecular formula is C47H30N2. The van der Waals surface area contributed by atoms with Crippen LogP contribution in [0.2, 0.25) is 0 Å². The second-order valence-electron chi connectivity index (χ2n) is 12.8. The van der Waals surface area contributed by atoms with Gasteiger partial charge in [-0.3, -0.25) is 0 Å². The van der Waals surface area contributed by atoms with Crippen LogP contribution in [0.1, 0.15) is 0 Å². The van der Waals surface area contributed by atoms with Crippen molar-refractivity contribution in [2.45, 2.75) is 0 Å². The van der Waals surface area contributed by atoms with Gasteiger partial charge >= 0.3 is 0 Å². The van der Waals surface area contributed by atoms with E-state index in [-0.39, 0.29) is 0 Å². The maximum atomic E-state index is 4.83. The molecular weight excluding hydrogens is 593 g/mol. The molecule has 0 aliphatic heterocycles. The molecule has 0 bridgehead atoms. The van der Waals surface area contributed by atoms with Crippen LogP contribution in [0.5, 0.6) is 0 Å². The van der Waals surface area contributed by atoms with E-state index in [1.807, 2.05) is 18.2 Å². The van der Waals surface area contributed by atoms with Gasteiger partial charge in [-0.15, -0.1) is 0 Å². The smallest absolute Gasteiger partial charge is 0.138 e. The van der Waals surface area contributed by atoms with E-state index in [0.717, 1.165) is 22.4 Å². The molecule has 0 radical (unpaired) electrons. The second kappa shape index (κ2) is 11.0. The van der Waals surface area contributed by atoms with Crippen molar-refractivity contribution in [3.05, 3.63) is 176 Å². The first-order chi connectivity index (χ1) is 24.3. The number of H-pyrrole nitrogens is 1. The van der Waals surface area contributed by atoms with Crippen LogP contribution in [0.15, 0.2) is 176 Å². The highest BCUT2D eigenvalue weighted by atomic mass is 14.9. The molecule has 0 saturated heterocycles. The molecule has 1 N–H and O–H groups in total. The Labute approximate surface area is 283 Å². The van der Waals surface area contributed by atoms with E-state index in [9.17, 15) is 0 Å². The van der Waals surface area contributed by atoms with Crippen molar-refractivity contribution >= 4 is 54.1 Å². The summed E-state index contributed by atoms with van der Waals surface area (Å²) >= 11 is 0. The Morgan fingerprint density at radius 2 is 0.837 bits per heavy atom. The third-order valence-electron chi connectivity index (χ3n) is 10.0. The van der Waals surface area contributed by atoms with Crippen molar-refractivity contribution in [3.63, 3.8) is 0 Å². The van der Waals surface area contributed by atoms with Crippen LogP contribution in [0.25, 0.3) is 98.9 Å². The number of para-hydroxylation sites is 2. The van der Waals surface area contributed by atoms with E-state index in [4.69, 9.17) is 4.98 Å². The molecule has 2 heteroatoms. The van der Waals surface area contributed by atoms with Crippen molar-refractivity contribution in [2.24, 2.45) is 0 Å². The minimum absolute atomic E-state index is 0.885. The van der Waals surface area contributed by atoms with Gasteiger partial charge in [0.25, 0.3) is 0 Å². The lowest BCUT2D eigenvalue weighted by Crippen LogP contribution is -1.93. The highest BCUT2D eigenvalue weighted by molar-refractivity contribution is 6.25. The molecule has 1 aromatic heterocycles. The van der Waals surface area contributed by atoms with Crippen molar-refractivity contribution in [3.8, 4) is 44.8 Å². The molecule has 0 aliphatic rings. The van der Waals surface area contributed by atoms with Crippen molar-refractivity contribution < 1.29 is 0 Å². The van der Waals surface area contributed by atoms with Crippen LogP contribution >= 0.6 is 0 Å². The molecule has 0 fully saturated rings.